The fourth-order valence-electron chi connectivity index (χ4n) is 1.80. The molecule has 118 valence electrons. The third-order valence-electron chi connectivity index (χ3n) is 3.22. The Morgan fingerprint density at radius 1 is 1.36 bits per heavy atom. The zero-order valence-electron chi connectivity index (χ0n) is 12.9. The van der Waals surface area contributed by atoms with Crippen molar-refractivity contribution in [2.75, 3.05) is 7.11 Å². The van der Waals surface area contributed by atoms with Gasteiger partial charge in [0.15, 0.2) is 11.4 Å². The van der Waals surface area contributed by atoms with Gasteiger partial charge in [0.2, 0.25) is 0 Å². The van der Waals surface area contributed by atoms with Crippen molar-refractivity contribution in [3.63, 3.8) is 0 Å². The molecule has 2 rings (SSSR count). The van der Waals surface area contributed by atoms with Gasteiger partial charge in [0.1, 0.15) is 11.9 Å². The Morgan fingerprint density at radius 3 is 2.50 bits per heavy atom. The third-order valence-corrected chi connectivity index (χ3v) is 3.22. The van der Waals surface area contributed by atoms with Crippen LogP contribution in [0.4, 0.5) is 5.69 Å². The Kier molecular flexibility index (Phi) is 3.95. The third kappa shape index (κ3) is 2.68. The summed E-state index contributed by atoms with van der Waals surface area (Å²) in [7, 11) is 1.46. The van der Waals surface area contributed by atoms with Crippen molar-refractivity contribution < 1.29 is 19.5 Å². The van der Waals surface area contributed by atoms with Crippen LogP contribution in [-0.2, 0) is 4.79 Å². The normalized spacial score (nSPS) is 22.3. The number of carbonyl (C=O) groups is 1. The largest absolute Gasteiger partial charge is 0.615 e. The minimum atomic E-state index is -1.12. The molecule has 0 spiro atoms. The van der Waals surface area contributed by atoms with E-state index in [0.29, 0.717) is 5.75 Å². The Hall–Kier alpha value is -2.38. The molecule has 1 aliphatic heterocycles. The van der Waals surface area contributed by atoms with Crippen molar-refractivity contribution in [2.24, 2.45) is 10.6 Å². The molecule has 1 aromatic carbocycles. The monoisotopic (exact) mass is 306 g/mol. The van der Waals surface area contributed by atoms with Gasteiger partial charge in [-0.1, -0.05) is 0 Å². The summed E-state index contributed by atoms with van der Waals surface area (Å²) in [6, 6.07) is 4.52. The van der Waals surface area contributed by atoms with E-state index in [2.05, 4.69) is 5.16 Å². The quantitative estimate of drug-likeness (QED) is 0.231. The first kappa shape index (κ1) is 16.0. The number of amidine groups is 1. The van der Waals surface area contributed by atoms with E-state index in [1.54, 1.807) is 26.8 Å². The van der Waals surface area contributed by atoms with Crippen LogP contribution in [0, 0.1) is 10.6 Å². The molecule has 1 aliphatic rings. The molecule has 0 aliphatic carbocycles. The number of hydrogen-bond donors (Lipinski definition) is 1. The van der Waals surface area contributed by atoms with E-state index >= 15 is 0 Å². The smallest absolute Gasteiger partial charge is 0.316 e. The number of methoxy groups -OCH3 is 1. The van der Waals surface area contributed by atoms with Gasteiger partial charge < -0.3 is 19.9 Å². The standard InChI is InChI=1S/C15H18N2O5/c1-15(2,3)14(18)22-12-6-5-10(21-4)9-11(12)17(20)8-7-13(17)16-19/h5-9,19H,1-4H3. The average Bonchev–Trinajstić information content (AvgIpc) is 2.45. The van der Waals surface area contributed by atoms with Crippen LogP contribution in [-0.4, -0.2) is 24.1 Å². The molecule has 1 heterocycles. The Bertz CT molecular complexity index is 660. The highest BCUT2D eigenvalue weighted by Gasteiger charge is 2.37. The zero-order valence-corrected chi connectivity index (χ0v) is 12.9. The second-order valence-corrected chi connectivity index (χ2v) is 5.91. The van der Waals surface area contributed by atoms with Gasteiger partial charge in [0.05, 0.1) is 18.6 Å². The number of oxime groups is 1. The molecule has 0 saturated carbocycles. The maximum absolute atomic E-state index is 12.8. The maximum atomic E-state index is 12.8. The minimum Gasteiger partial charge on any atom is -0.615 e. The van der Waals surface area contributed by atoms with E-state index in [4.69, 9.17) is 14.7 Å². The molecule has 0 bridgehead atoms. The Balaban J connectivity index is 2.48. The molecule has 0 amide bonds. The molecule has 0 aromatic heterocycles. The van der Waals surface area contributed by atoms with Crippen LogP contribution in [0.3, 0.4) is 0 Å². The number of quaternary nitrogens is 1. The average molecular weight is 306 g/mol. The molecule has 7 nitrogen and oxygen atoms in total. The first-order chi connectivity index (χ1) is 10.2. The van der Waals surface area contributed by atoms with Gasteiger partial charge in [0.25, 0.3) is 5.84 Å². The topological polar surface area (TPSA) is 91.2 Å². The maximum Gasteiger partial charge on any atom is 0.316 e. The van der Waals surface area contributed by atoms with Crippen LogP contribution < -0.4 is 14.1 Å². The lowest BCUT2D eigenvalue weighted by Crippen LogP contribution is -2.49. The number of ether oxygens (including phenoxy) is 2. The predicted octanol–water partition coefficient (Wildman–Crippen LogP) is 2.77. The molecule has 0 fully saturated rings. The lowest BCUT2D eigenvalue weighted by atomic mass is 9.97. The Labute approximate surface area is 128 Å². The summed E-state index contributed by atoms with van der Waals surface area (Å²) in [5.74, 6) is -0.0588. The molecule has 1 aromatic rings. The zero-order chi connectivity index (χ0) is 16.5. The summed E-state index contributed by atoms with van der Waals surface area (Å²) in [4.78, 5) is 12.1. The van der Waals surface area contributed by atoms with Gasteiger partial charge in [-0.25, -0.2) is 4.65 Å². The van der Waals surface area contributed by atoms with Gasteiger partial charge in [-0.2, -0.15) is 0 Å². The van der Waals surface area contributed by atoms with E-state index in [1.165, 1.54) is 31.5 Å². The van der Waals surface area contributed by atoms with Crippen LogP contribution in [0.1, 0.15) is 20.8 Å². The number of nitrogens with zero attached hydrogens (tertiary/aromatic N) is 2. The molecular weight excluding hydrogens is 288 g/mol. The van der Waals surface area contributed by atoms with E-state index in [9.17, 15) is 10.0 Å². The van der Waals surface area contributed by atoms with Crippen molar-refractivity contribution in [2.45, 2.75) is 20.8 Å². The van der Waals surface area contributed by atoms with Gasteiger partial charge in [-0.15, -0.1) is 0 Å². The molecule has 1 N–H and O–H groups in total. The van der Waals surface area contributed by atoms with Crippen LogP contribution in [0.25, 0.3) is 0 Å². The number of carbonyl (C=O) groups excluding carboxylic acids is 1. The van der Waals surface area contributed by atoms with E-state index < -0.39 is 16.0 Å². The van der Waals surface area contributed by atoms with Gasteiger partial charge in [-0.05, 0) is 38.1 Å². The van der Waals surface area contributed by atoms with Crippen LogP contribution >= 0.6 is 0 Å². The summed E-state index contributed by atoms with van der Waals surface area (Å²) in [5.41, 5.74) is -0.615. The highest BCUT2D eigenvalue weighted by atomic mass is 16.6. The van der Waals surface area contributed by atoms with Crippen LogP contribution in [0.2, 0.25) is 0 Å². The summed E-state index contributed by atoms with van der Waals surface area (Å²) in [6.45, 7) is 5.14. The van der Waals surface area contributed by atoms with Crippen molar-refractivity contribution >= 4 is 17.5 Å². The molecular formula is C15H18N2O5. The van der Waals surface area contributed by atoms with Crippen molar-refractivity contribution in [1.29, 1.82) is 0 Å². The summed E-state index contributed by atoms with van der Waals surface area (Å²) < 4.78 is 9.32. The molecule has 22 heavy (non-hydrogen) atoms. The lowest BCUT2D eigenvalue weighted by Gasteiger charge is -2.41. The van der Waals surface area contributed by atoms with Gasteiger partial charge in [-0.3, -0.25) is 4.79 Å². The number of hydrogen-bond acceptors (Lipinski definition) is 6. The minimum absolute atomic E-state index is 0.0984. The fourth-order valence-corrected chi connectivity index (χ4v) is 1.80. The molecule has 1 atom stereocenters. The summed E-state index contributed by atoms with van der Waals surface area (Å²) >= 11 is 0. The number of esters is 1. The molecule has 7 heteroatoms. The van der Waals surface area contributed by atoms with E-state index in [0.717, 1.165) is 0 Å². The van der Waals surface area contributed by atoms with Gasteiger partial charge in [0, 0.05) is 6.07 Å². The number of rotatable bonds is 3. The molecule has 0 saturated heterocycles. The van der Waals surface area contributed by atoms with E-state index in [-0.39, 0.29) is 17.3 Å². The first-order valence-corrected chi connectivity index (χ1v) is 6.65. The van der Waals surface area contributed by atoms with Crippen molar-refractivity contribution in [1.82, 2.24) is 4.65 Å². The van der Waals surface area contributed by atoms with Crippen LogP contribution in [0.15, 0.2) is 35.6 Å². The predicted molar refractivity (Wildman–Crippen MR) is 81.6 cm³/mol. The number of hydroxylamine groups is 2. The lowest BCUT2D eigenvalue weighted by molar-refractivity contribution is -0.142. The van der Waals surface area contributed by atoms with Crippen molar-refractivity contribution in [3.05, 3.63) is 35.7 Å². The van der Waals surface area contributed by atoms with E-state index in [1.807, 2.05) is 0 Å². The van der Waals surface area contributed by atoms with Crippen LogP contribution in [0.5, 0.6) is 11.5 Å². The second-order valence-electron chi connectivity index (χ2n) is 5.91. The Morgan fingerprint density at radius 2 is 2.05 bits per heavy atom. The highest BCUT2D eigenvalue weighted by Crippen LogP contribution is 2.41. The summed E-state index contributed by atoms with van der Waals surface area (Å²) in [5, 5.41) is 24.6. The van der Waals surface area contributed by atoms with Crippen molar-refractivity contribution in [3.8, 4) is 11.5 Å². The highest BCUT2D eigenvalue weighted by molar-refractivity contribution is 6.09. The molecule has 0 radical (unpaired) electrons. The second kappa shape index (κ2) is 5.43. The first-order valence-electron chi connectivity index (χ1n) is 6.65. The SMILES string of the molecule is COc1ccc(OC(=O)C(C)(C)C)c([N+]2([O-])C=CC2=NO)c1. The van der Waals surface area contributed by atoms with Gasteiger partial charge >= 0.3 is 5.97 Å². The molecule has 1 unspecified atom stereocenters. The summed E-state index contributed by atoms with van der Waals surface area (Å²) in [6.07, 6.45) is 2.65. The number of benzene rings is 1. The fraction of sp³-hybridized carbons (Fsp3) is 0.333.